The molecule has 10 heteroatoms. The van der Waals surface area contributed by atoms with Crippen molar-refractivity contribution < 1.29 is 23.1 Å². The summed E-state index contributed by atoms with van der Waals surface area (Å²) in [6.07, 6.45) is 1.85. The average Bonchev–Trinajstić information content (AvgIpc) is 3.38. The molecule has 0 bridgehead atoms. The minimum atomic E-state index is -3.48. The zero-order valence-electron chi connectivity index (χ0n) is 17.6. The minimum absolute atomic E-state index is 0.0117. The van der Waals surface area contributed by atoms with Crippen molar-refractivity contribution in [1.82, 2.24) is 14.8 Å². The summed E-state index contributed by atoms with van der Waals surface area (Å²) in [5, 5.41) is 13.9. The van der Waals surface area contributed by atoms with E-state index >= 15 is 0 Å². The number of H-pyrrole nitrogens is 1. The number of hydrogen-bond acceptors (Lipinski definition) is 7. The van der Waals surface area contributed by atoms with Crippen molar-refractivity contribution in [2.75, 3.05) is 17.9 Å². The highest BCUT2D eigenvalue weighted by molar-refractivity contribution is 7.98. The molecule has 8 nitrogen and oxygen atoms in total. The molecule has 2 aromatic heterocycles. The number of aromatic amines is 1. The van der Waals surface area contributed by atoms with Crippen molar-refractivity contribution in [2.45, 2.75) is 31.9 Å². The second kappa shape index (κ2) is 9.71. The number of aliphatic hydroxyl groups excluding tert-OH is 1. The Morgan fingerprint density at radius 3 is 2.65 bits per heavy atom. The SMILES string of the molecule is CCS(=O)(=O)c1cc(-c2ccc(-c3cc(C)nn3CC(=O)OCSC)[nH]2)ccc1CO. The number of nitrogens with one attached hydrogen (secondary N) is 1. The van der Waals surface area contributed by atoms with E-state index < -0.39 is 9.84 Å². The van der Waals surface area contributed by atoms with E-state index in [4.69, 9.17) is 4.74 Å². The number of esters is 1. The monoisotopic (exact) mass is 463 g/mol. The number of carbonyl (C=O) groups excluding carboxylic acids is 1. The molecule has 0 atom stereocenters. The molecule has 2 heterocycles. The first-order valence-electron chi connectivity index (χ1n) is 9.64. The summed E-state index contributed by atoms with van der Waals surface area (Å²) in [6, 6.07) is 10.5. The van der Waals surface area contributed by atoms with Crippen molar-refractivity contribution in [3.05, 3.63) is 47.7 Å². The quantitative estimate of drug-likeness (QED) is 0.370. The number of benzene rings is 1. The van der Waals surface area contributed by atoms with Crippen LogP contribution in [-0.4, -0.2) is 52.2 Å². The van der Waals surface area contributed by atoms with Gasteiger partial charge in [-0.15, -0.1) is 11.8 Å². The summed E-state index contributed by atoms with van der Waals surface area (Å²) < 4.78 is 31.6. The molecule has 0 radical (unpaired) electrons. The van der Waals surface area contributed by atoms with Gasteiger partial charge in [-0.3, -0.25) is 9.48 Å². The van der Waals surface area contributed by atoms with E-state index in [2.05, 4.69) is 10.1 Å². The second-order valence-electron chi connectivity index (χ2n) is 6.92. The number of hydrogen-bond donors (Lipinski definition) is 2. The number of aromatic nitrogens is 3. The fraction of sp³-hybridized carbons (Fsp3) is 0.333. The molecule has 0 amide bonds. The van der Waals surface area contributed by atoms with Crippen LogP contribution >= 0.6 is 11.8 Å². The van der Waals surface area contributed by atoms with Crippen LogP contribution in [0.3, 0.4) is 0 Å². The number of aliphatic hydroxyl groups is 1. The Morgan fingerprint density at radius 1 is 1.23 bits per heavy atom. The lowest BCUT2D eigenvalue weighted by atomic mass is 10.1. The van der Waals surface area contributed by atoms with E-state index in [1.807, 2.05) is 31.4 Å². The highest BCUT2D eigenvalue weighted by atomic mass is 32.2. The van der Waals surface area contributed by atoms with Gasteiger partial charge in [-0.25, -0.2) is 8.42 Å². The summed E-state index contributed by atoms with van der Waals surface area (Å²) in [6.45, 7) is 3.05. The van der Waals surface area contributed by atoms with Gasteiger partial charge in [0.15, 0.2) is 9.84 Å². The number of sulfone groups is 1. The Balaban J connectivity index is 1.95. The molecule has 0 saturated carbocycles. The number of carbonyl (C=O) groups is 1. The van der Waals surface area contributed by atoms with Crippen molar-refractivity contribution in [3.8, 4) is 22.6 Å². The van der Waals surface area contributed by atoms with Gasteiger partial charge in [0.25, 0.3) is 0 Å². The molecule has 0 aliphatic heterocycles. The lowest BCUT2D eigenvalue weighted by Crippen LogP contribution is -2.15. The molecule has 0 spiro atoms. The highest BCUT2D eigenvalue weighted by Crippen LogP contribution is 2.29. The van der Waals surface area contributed by atoms with Crippen LogP contribution in [0.5, 0.6) is 0 Å². The summed E-state index contributed by atoms with van der Waals surface area (Å²) in [7, 11) is -3.48. The van der Waals surface area contributed by atoms with Crippen LogP contribution in [0.25, 0.3) is 22.6 Å². The van der Waals surface area contributed by atoms with Crippen LogP contribution < -0.4 is 0 Å². The first kappa shape index (κ1) is 23.1. The van der Waals surface area contributed by atoms with Crippen LogP contribution in [0, 0.1) is 6.92 Å². The molecule has 0 aliphatic rings. The van der Waals surface area contributed by atoms with Crippen LogP contribution in [-0.2, 0) is 32.5 Å². The summed E-state index contributed by atoms with van der Waals surface area (Å²) in [5.74, 6) is -0.141. The van der Waals surface area contributed by atoms with Crippen molar-refractivity contribution >= 4 is 27.6 Å². The van der Waals surface area contributed by atoms with E-state index in [-0.39, 0.29) is 35.7 Å². The Hall–Kier alpha value is -2.56. The second-order valence-corrected chi connectivity index (χ2v) is 9.98. The van der Waals surface area contributed by atoms with Crippen molar-refractivity contribution in [1.29, 1.82) is 0 Å². The number of aryl methyl sites for hydroxylation is 1. The topological polar surface area (TPSA) is 114 Å². The van der Waals surface area contributed by atoms with E-state index in [9.17, 15) is 18.3 Å². The molecule has 0 saturated heterocycles. The maximum absolute atomic E-state index is 12.4. The zero-order chi connectivity index (χ0) is 22.6. The standard InChI is InChI=1S/C21H25N3O5S2/c1-4-31(27,28)20-10-15(5-6-16(20)12-25)17-7-8-18(22-17)19-9-14(2)23-24(19)11-21(26)29-13-30-3/h5-10,22,25H,4,11-13H2,1-3H3. The fourth-order valence-corrected chi connectivity index (χ4v) is 4.58. The summed E-state index contributed by atoms with van der Waals surface area (Å²) in [4.78, 5) is 15.4. The molecular formula is C21H25N3O5S2. The van der Waals surface area contributed by atoms with Gasteiger partial charge in [0, 0.05) is 5.69 Å². The van der Waals surface area contributed by atoms with Crippen LogP contribution in [0.15, 0.2) is 41.3 Å². The molecule has 0 aliphatic carbocycles. The minimum Gasteiger partial charge on any atom is -0.453 e. The maximum atomic E-state index is 12.4. The normalized spacial score (nSPS) is 11.6. The number of thioether (sulfide) groups is 1. The van der Waals surface area contributed by atoms with Gasteiger partial charge in [-0.1, -0.05) is 19.1 Å². The molecule has 3 rings (SSSR count). The number of nitrogens with zero attached hydrogens (tertiary/aromatic N) is 2. The number of rotatable bonds is 9. The summed E-state index contributed by atoms with van der Waals surface area (Å²) in [5.41, 5.74) is 3.97. The van der Waals surface area contributed by atoms with Crippen LogP contribution in [0.2, 0.25) is 0 Å². The maximum Gasteiger partial charge on any atom is 0.328 e. The third-order valence-electron chi connectivity index (χ3n) is 4.74. The van der Waals surface area contributed by atoms with Crippen LogP contribution in [0.4, 0.5) is 0 Å². The Labute approximate surface area is 185 Å². The van der Waals surface area contributed by atoms with Gasteiger partial charge in [0.1, 0.15) is 12.5 Å². The lowest BCUT2D eigenvalue weighted by molar-refractivity contribution is -0.142. The van der Waals surface area contributed by atoms with Crippen LogP contribution in [0.1, 0.15) is 18.2 Å². The van der Waals surface area contributed by atoms with Gasteiger partial charge in [0.05, 0.1) is 34.3 Å². The molecule has 0 unspecified atom stereocenters. The van der Waals surface area contributed by atoms with E-state index in [1.165, 1.54) is 11.8 Å². The van der Waals surface area contributed by atoms with Gasteiger partial charge >= 0.3 is 5.97 Å². The van der Waals surface area contributed by atoms with Gasteiger partial charge in [-0.05, 0) is 48.6 Å². The molecule has 0 fully saturated rings. The van der Waals surface area contributed by atoms with Gasteiger partial charge in [0.2, 0.25) is 0 Å². The predicted molar refractivity (Wildman–Crippen MR) is 120 cm³/mol. The molecule has 1 aromatic carbocycles. The van der Waals surface area contributed by atoms with Gasteiger partial charge < -0.3 is 14.8 Å². The Kier molecular flexibility index (Phi) is 7.24. The van der Waals surface area contributed by atoms with E-state index in [0.717, 1.165) is 17.1 Å². The third-order valence-corrected chi connectivity index (χ3v) is 6.91. The molecule has 2 N–H and O–H groups in total. The van der Waals surface area contributed by atoms with E-state index in [1.54, 1.807) is 29.8 Å². The summed E-state index contributed by atoms with van der Waals surface area (Å²) >= 11 is 1.42. The smallest absolute Gasteiger partial charge is 0.328 e. The van der Waals surface area contributed by atoms with E-state index in [0.29, 0.717) is 16.8 Å². The molecule has 31 heavy (non-hydrogen) atoms. The number of ether oxygens (including phenoxy) is 1. The molecular weight excluding hydrogens is 438 g/mol. The molecule has 166 valence electrons. The zero-order valence-corrected chi connectivity index (χ0v) is 19.2. The first-order chi connectivity index (χ1) is 14.8. The third kappa shape index (κ3) is 5.20. The first-order valence-corrected chi connectivity index (χ1v) is 12.7. The Bertz CT molecular complexity index is 1180. The molecule has 3 aromatic rings. The van der Waals surface area contributed by atoms with Crippen molar-refractivity contribution in [2.24, 2.45) is 0 Å². The lowest BCUT2D eigenvalue weighted by Gasteiger charge is -2.10. The predicted octanol–water partition coefficient (Wildman–Crippen LogP) is 3.00. The highest BCUT2D eigenvalue weighted by Gasteiger charge is 2.19. The largest absolute Gasteiger partial charge is 0.453 e. The average molecular weight is 464 g/mol. The fourth-order valence-electron chi connectivity index (χ4n) is 3.19. The Morgan fingerprint density at radius 2 is 1.97 bits per heavy atom. The van der Waals surface area contributed by atoms with Crippen molar-refractivity contribution in [3.63, 3.8) is 0 Å². The van der Waals surface area contributed by atoms with Gasteiger partial charge in [-0.2, -0.15) is 5.10 Å².